The van der Waals surface area contributed by atoms with Gasteiger partial charge < -0.3 is 11.1 Å². The van der Waals surface area contributed by atoms with E-state index in [2.05, 4.69) is 10.0 Å². The summed E-state index contributed by atoms with van der Waals surface area (Å²) in [5.41, 5.74) is 5.19. The zero-order valence-electron chi connectivity index (χ0n) is 8.95. The van der Waals surface area contributed by atoms with Gasteiger partial charge in [-0.05, 0) is 19.4 Å². The summed E-state index contributed by atoms with van der Waals surface area (Å²) in [7, 11) is -3.35. The van der Waals surface area contributed by atoms with Gasteiger partial charge in [0, 0.05) is 6.54 Å². The van der Waals surface area contributed by atoms with Crippen LogP contribution in [-0.2, 0) is 14.8 Å². The maximum atomic E-state index is 11.2. The van der Waals surface area contributed by atoms with Crippen molar-refractivity contribution in [2.45, 2.75) is 19.8 Å². The minimum Gasteiger partial charge on any atom is -0.355 e. The Bertz CT molecular complexity index is 277. The normalized spacial score (nSPS) is 11.3. The highest BCUT2D eigenvalue weighted by Gasteiger charge is 2.10. The number of hydrogen-bond acceptors (Lipinski definition) is 4. The SMILES string of the molecule is CCCNC(=O)CNS(=O)(=O)CCCN. The second-order valence-electron chi connectivity index (χ2n) is 3.13. The van der Waals surface area contributed by atoms with Gasteiger partial charge in [0.15, 0.2) is 0 Å². The Labute approximate surface area is 90.7 Å². The largest absolute Gasteiger partial charge is 0.355 e. The Kier molecular flexibility index (Phi) is 7.27. The van der Waals surface area contributed by atoms with Crippen molar-refractivity contribution in [1.29, 1.82) is 0 Å². The number of hydrogen-bond donors (Lipinski definition) is 3. The Hall–Kier alpha value is -0.660. The predicted molar refractivity (Wildman–Crippen MR) is 58.8 cm³/mol. The summed E-state index contributed by atoms with van der Waals surface area (Å²) in [6.07, 6.45) is 1.22. The Morgan fingerprint density at radius 1 is 1.40 bits per heavy atom. The smallest absolute Gasteiger partial charge is 0.235 e. The van der Waals surface area contributed by atoms with Gasteiger partial charge >= 0.3 is 0 Å². The predicted octanol–water partition coefficient (Wildman–Crippen LogP) is -1.22. The zero-order valence-corrected chi connectivity index (χ0v) is 9.77. The van der Waals surface area contributed by atoms with Crippen LogP contribution in [-0.4, -0.2) is 39.7 Å². The number of nitrogens with two attached hydrogens (primary N) is 1. The fourth-order valence-electron chi connectivity index (χ4n) is 0.848. The minimum absolute atomic E-state index is 0.0371. The van der Waals surface area contributed by atoms with E-state index >= 15 is 0 Å². The quantitative estimate of drug-likeness (QED) is 0.492. The zero-order chi connectivity index (χ0) is 11.7. The third-order valence-electron chi connectivity index (χ3n) is 1.64. The van der Waals surface area contributed by atoms with E-state index < -0.39 is 10.0 Å². The molecule has 0 unspecified atom stereocenters. The average Bonchev–Trinajstić information content (AvgIpc) is 2.21. The lowest BCUT2D eigenvalue weighted by Gasteiger charge is -2.06. The van der Waals surface area contributed by atoms with Crippen molar-refractivity contribution in [1.82, 2.24) is 10.0 Å². The molecule has 0 saturated heterocycles. The highest BCUT2D eigenvalue weighted by molar-refractivity contribution is 7.89. The summed E-state index contributed by atoms with van der Waals surface area (Å²) in [6, 6.07) is 0. The van der Waals surface area contributed by atoms with E-state index in [-0.39, 0.29) is 18.2 Å². The topological polar surface area (TPSA) is 101 Å². The molecule has 0 aliphatic carbocycles. The highest BCUT2D eigenvalue weighted by Crippen LogP contribution is 1.87. The molecule has 0 spiro atoms. The monoisotopic (exact) mass is 237 g/mol. The Morgan fingerprint density at radius 3 is 2.60 bits per heavy atom. The molecular weight excluding hydrogens is 218 g/mol. The molecule has 0 aliphatic heterocycles. The molecule has 15 heavy (non-hydrogen) atoms. The van der Waals surface area contributed by atoms with Gasteiger partial charge in [-0.2, -0.15) is 0 Å². The molecule has 0 heterocycles. The number of amides is 1. The van der Waals surface area contributed by atoms with E-state index in [0.717, 1.165) is 6.42 Å². The van der Waals surface area contributed by atoms with Crippen LogP contribution in [0.2, 0.25) is 0 Å². The van der Waals surface area contributed by atoms with Gasteiger partial charge in [0.2, 0.25) is 15.9 Å². The third kappa shape index (κ3) is 8.34. The summed E-state index contributed by atoms with van der Waals surface area (Å²) in [4.78, 5) is 11.1. The molecule has 0 fully saturated rings. The third-order valence-corrected chi connectivity index (χ3v) is 3.05. The van der Waals surface area contributed by atoms with E-state index in [1.807, 2.05) is 6.92 Å². The number of carbonyl (C=O) groups excluding carboxylic acids is 1. The molecule has 0 saturated carbocycles. The first-order valence-electron chi connectivity index (χ1n) is 4.96. The Morgan fingerprint density at radius 2 is 2.07 bits per heavy atom. The number of nitrogens with one attached hydrogen (secondary N) is 2. The fourth-order valence-corrected chi connectivity index (χ4v) is 1.89. The minimum atomic E-state index is -3.35. The van der Waals surface area contributed by atoms with Crippen LogP contribution in [0.5, 0.6) is 0 Å². The first-order valence-corrected chi connectivity index (χ1v) is 6.61. The van der Waals surface area contributed by atoms with Crippen LogP contribution in [0.3, 0.4) is 0 Å². The molecule has 0 aliphatic rings. The second-order valence-corrected chi connectivity index (χ2v) is 5.06. The molecule has 0 aromatic carbocycles. The number of sulfonamides is 1. The second kappa shape index (κ2) is 7.61. The molecule has 0 aromatic heterocycles. The highest BCUT2D eigenvalue weighted by atomic mass is 32.2. The van der Waals surface area contributed by atoms with Gasteiger partial charge in [-0.3, -0.25) is 4.79 Å². The number of rotatable bonds is 8. The maximum Gasteiger partial charge on any atom is 0.235 e. The van der Waals surface area contributed by atoms with Gasteiger partial charge in [-0.25, -0.2) is 13.1 Å². The van der Waals surface area contributed by atoms with Crippen molar-refractivity contribution < 1.29 is 13.2 Å². The molecule has 0 radical (unpaired) electrons. The van der Waals surface area contributed by atoms with Crippen LogP contribution in [0.25, 0.3) is 0 Å². The van der Waals surface area contributed by atoms with Crippen LogP contribution in [0.15, 0.2) is 0 Å². The average molecular weight is 237 g/mol. The van der Waals surface area contributed by atoms with Crippen LogP contribution < -0.4 is 15.8 Å². The van der Waals surface area contributed by atoms with E-state index in [1.54, 1.807) is 0 Å². The van der Waals surface area contributed by atoms with Crippen LogP contribution in [0, 0.1) is 0 Å². The van der Waals surface area contributed by atoms with Gasteiger partial charge in [0.1, 0.15) is 0 Å². The maximum absolute atomic E-state index is 11.2. The molecule has 0 aromatic rings. The van der Waals surface area contributed by atoms with Crippen molar-refractivity contribution in [2.75, 3.05) is 25.4 Å². The molecule has 4 N–H and O–H groups in total. The molecule has 7 heteroatoms. The van der Waals surface area contributed by atoms with E-state index in [0.29, 0.717) is 19.5 Å². The van der Waals surface area contributed by atoms with Gasteiger partial charge in [-0.1, -0.05) is 6.92 Å². The molecule has 6 nitrogen and oxygen atoms in total. The molecule has 1 amide bonds. The van der Waals surface area contributed by atoms with E-state index in [4.69, 9.17) is 5.73 Å². The first kappa shape index (κ1) is 14.3. The number of carbonyl (C=O) groups is 1. The van der Waals surface area contributed by atoms with Crippen LogP contribution >= 0.6 is 0 Å². The van der Waals surface area contributed by atoms with Crippen LogP contribution in [0.4, 0.5) is 0 Å². The van der Waals surface area contributed by atoms with Crippen molar-refractivity contribution >= 4 is 15.9 Å². The molecule has 0 atom stereocenters. The summed E-state index contributed by atoms with van der Waals surface area (Å²) < 4.78 is 24.6. The van der Waals surface area contributed by atoms with Crippen molar-refractivity contribution in [3.05, 3.63) is 0 Å². The summed E-state index contributed by atoms with van der Waals surface area (Å²) >= 11 is 0. The standard InChI is InChI=1S/C8H19N3O3S/c1-2-5-10-8(12)7-11-15(13,14)6-3-4-9/h11H,2-7,9H2,1H3,(H,10,12). The van der Waals surface area contributed by atoms with Crippen LogP contribution in [0.1, 0.15) is 19.8 Å². The molecule has 0 bridgehead atoms. The molecule has 0 rings (SSSR count). The van der Waals surface area contributed by atoms with Gasteiger partial charge in [-0.15, -0.1) is 0 Å². The lowest BCUT2D eigenvalue weighted by Crippen LogP contribution is -2.38. The molecular formula is C8H19N3O3S. The van der Waals surface area contributed by atoms with E-state index in [1.165, 1.54) is 0 Å². The first-order chi connectivity index (χ1) is 7.02. The van der Waals surface area contributed by atoms with Crippen molar-refractivity contribution in [3.8, 4) is 0 Å². The fraction of sp³-hybridized carbons (Fsp3) is 0.875. The van der Waals surface area contributed by atoms with Crippen molar-refractivity contribution in [2.24, 2.45) is 5.73 Å². The van der Waals surface area contributed by atoms with Gasteiger partial charge in [0.05, 0.1) is 12.3 Å². The van der Waals surface area contributed by atoms with Gasteiger partial charge in [0.25, 0.3) is 0 Å². The molecule has 90 valence electrons. The lowest BCUT2D eigenvalue weighted by molar-refractivity contribution is -0.119. The van der Waals surface area contributed by atoms with Crippen molar-refractivity contribution in [3.63, 3.8) is 0 Å². The summed E-state index contributed by atoms with van der Waals surface area (Å²) in [6.45, 7) is 2.60. The summed E-state index contributed by atoms with van der Waals surface area (Å²) in [5.74, 6) is -0.349. The van der Waals surface area contributed by atoms with E-state index in [9.17, 15) is 13.2 Å². The summed E-state index contributed by atoms with van der Waals surface area (Å²) in [5, 5.41) is 2.57. The lowest BCUT2D eigenvalue weighted by atomic mass is 10.5. The Balaban J connectivity index is 3.78.